The highest BCUT2D eigenvalue weighted by Crippen LogP contribution is 2.42. The van der Waals surface area contributed by atoms with Crippen molar-refractivity contribution in [2.45, 2.75) is 51.7 Å². The predicted molar refractivity (Wildman–Crippen MR) is 151 cm³/mol. The Labute approximate surface area is 233 Å². The van der Waals surface area contributed by atoms with Crippen molar-refractivity contribution >= 4 is 40.9 Å². The van der Waals surface area contributed by atoms with E-state index in [1.165, 1.54) is 6.08 Å². The number of halogens is 1. The van der Waals surface area contributed by atoms with Gasteiger partial charge in [0.1, 0.15) is 5.60 Å². The molecule has 1 saturated heterocycles. The average Bonchev–Trinajstić information content (AvgIpc) is 3.13. The van der Waals surface area contributed by atoms with Crippen LogP contribution in [0.4, 0.5) is 16.2 Å². The Morgan fingerprint density at radius 2 is 1.90 bits per heavy atom. The van der Waals surface area contributed by atoms with E-state index in [1.54, 1.807) is 61.1 Å². The zero-order valence-electron chi connectivity index (χ0n) is 22.7. The van der Waals surface area contributed by atoms with Crippen molar-refractivity contribution in [1.82, 2.24) is 20.1 Å². The van der Waals surface area contributed by atoms with E-state index in [9.17, 15) is 14.4 Å². The van der Waals surface area contributed by atoms with E-state index in [0.29, 0.717) is 22.0 Å². The van der Waals surface area contributed by atoms with E-state index in [0.717, 1.165) is 5.01 Å². The highest BCUT2D eigenvalue weighted by Gasteiger charge is 2.43. The number of hydrazine groups is 1. The van der Waals surface area contributed by atoms with Crippen LogP contribution in [0, 0.1) is 0 Å². The molecule has 1 aromatic carbocycles. The summed E-state index contributed by atoms with van der Waals surface area (Å²) >= 11 is 6.70. The summed E-state index contributed by atoms with van der Waals surface area (Å²) in [6.07, 6.45) is 5.07. The second-order valence-corrected chi connectivity index (χ2v) is 11.2. The summed E-state index contributed by atoms with van der Waals surface area (Å²) in [6.45, 7) is 11.9. The summed E-state index contributed by atoms with van der Waals surface area (Å²) in [6, 6.07) is 4.84. The highest BCUT2D eigenvalue weighted by molar-refractivity contribution is 6.34. The third kappa shape index (κ3) is 6.15. The smallest absolute Gasteiger partial charge is 0.410 e. The number of dihydropyridines is 1. The zero-order valence-corrected chi connectivity index (χ0v) is 23.4. The molecule has 3 aliphatic rings. The third-order valence-corrected chi connectivity index (χ3v) is 6.93. The van der Waals surface area contributed by atoms with Gasteiger partial charge < -0.3 is 30.1 Å². The van der Waals surface area contributed by atoms with Crippen LogP contribution in [0.15, 0.2) is 54.8 Å². The maximum Gasteiger partial charge on any atom is 0.410 e. The molecule has 0 radical (unpaired) electrons. The van der Waals surface area contributed by atoms with Gasteiger partial charge in [-0.3, -0.25) is 9.59 Å². The van der Waals surface area contributed by atoms with E-state index in [4.69, 9.17) is 22.2 Å². The minimum Gasteiger partial charge on any atom is -0.444 e. The van der Waals surface area contributed by atoms with Crippen LogP contribution in [0.5, 0.6) is 0 Å². The Morgan fingerprint density at radius 1 is 1.21 bits per heavy atom. The molecule has 0 aliphatic carbocycles. The summed E-state index contributed by atoms with van der Waals surface area (Å²) in [7, 11) is 0. The van der Waals surface area contributed by atoms with Crippen LogP contribution in [0.1, 0.15) is 27.7 Å². The topological polar surface area (TPSA) is 123 Å². The standard InChI is InChI=1S/C27H36ClN7O4/c1-6-22(36)32-12-13-33(26(38)39-27(3,4)5)16-19(15-32)34-23-20(28)8-7-9-21(23)31-25(34)35(29)24(37)18-10-11-30-17(2)14-18/h6-11,14,17,19,25,30-31H,1,12-13,15-16,29H2,2-5H3. The van der Waals surface area contributed by atoms with Gasteiger partial charge >= 0.3 is 6.09 Å². The lowest BCUT2D eigenvalue weighted by atomic mass is 10.1. The SMILES string of the molecule is C=CC(=O)N1CCN(C(=O)OC(C)(C)C)CC(N2c3c(Cl)cccc3NC2N(N)C(=O)C2=CC(C)NC=C2)C1. The number of nitrogens with two attached hydrogens (primary N) is 1. The molecule has 3 atom stereocenters. The first-order valence-electron chi connectivity index (χ1n) is 12.8. The number of carbonyl (C=O) groups is 3. The van der Waals surface area contributed by atoms with Crippen LogP contribution in [0.3, 0.4) is 0 Å². The molecule has 3 unspecified atom stereocenters. The number of benzene rings is 1. The van der Waals surface area contributed by atoms with Gasteiger partial charge in [0, 0.05) is 37.8 Å². The molecule has 3 heterocycles. The van der Waals surface area contributed by atoms with Crippen molar-refractivity contribution in [2.75, 3.05) is 36.4 Å². The average molecular weight is 558 g/mol. The zero-order chi connectivity index (χ0) is 28.5. The molecule has 39 heavy (non-hydrogen) atoms. The van der Waals surface area contributed by atoms with E-state index in [1.807, 2.05) is 17.9 Å². The van der Waals surface area contributed by atoms with Gasteiger partial charge in [-0.15, -0.1) is 0 Å². The van der Waals surface area contributed by atoms with Gasteiger partial charge in [-0.25, -0.2) is 15.6 Å². The number of rotatable bonds is 4. The molecule has 4 rings (SSSR count). The lowest BCUT2D eigenvalue weighted by Gasteiger charge is -2.40. The highest BCUT2D eigenvalue weighted by atomic mass is 35.5. The van der Waals surface area contributed by atoms with Gasteiger partial charge in [0.2, 0.25) is 5.91 Å². The number of fused-ring (bicyclic) bond motifs is 1. The number of ether oxygens (including phenoxy) is 1. The molecule has 210 valence electrons. The molecule has 12 heteroatoms. The molecule has 4 N–H and O–H groups in total. The van der Waals surface area contributed by atoms with Crippen LogP contribution in [-0.2, 0) is 14.3 Å². The molecular weight excluding hydrogens is 522 g/mol. The predicted octanol–water partition coefficient (Wildman–Crippen LogP) is 2.62. The molecule has 1 fully saturated rings. The van der Waals surface area contributed by atoms with Crippen molar-refractivity contribution in [1.29, 1.82) is 0 Å². The van der Waals surface area contributed by atoms with Gasteiger partial charge in [0.25, 0.3) is 5.91 Å². The molecule has 0 saturated carbocycles. The Bertz CT molecular complexity index is 1210. The Morgan fingerprint density at radius 3 is 2.56 bits per heavy atom. The fraction of sp³-hybridized carbons (Fsp3) is 0.444. The number of anilines is 2. The lowest BCUT2D eigenvalue weighted by Crippen LogP contribution is -2.62. The van der Waals surface area contributed by atoms with Crippen molar-refractivity contribution in [2.24, 2.45) is 5.84 Å². The maximum absolute atomic E-state index is 13.5. The van der Waals surface area contributed by atoms with Crippen LogP contribution in [-0.4, -0.2) is 82.9 Å². The van der Waals surface area contributed by atoms with Gasteiger partial charge in [0.05, 0.1) is 22.4 Å². The summed E-state index contributed by atoms with van der Waals surface area (Å²) < 4.78 is 5.65. The Balaban J connectivity index is 1.73. The normalized spacial score (nSPS) is 22.7. The van der Waals surface area contributed by atoms with Crippen molar-refractivity contribution in [3.05, 3.63) is 59.8 Å². The second-order valence-electron chi connectivity index (χ2n) is 10.8. The molecule has 11 nitrogen and oxygen atoms in total. The Hall–Kier alpha value is -3.70. The third-order valence-electron chi connectivity index (χ3n) is 6.62. The van der Waals surface area contributed by atoms with Crippen LogP contribution in [0.2, 0.25) is 5.02 Å². The summed E-state index contributed by atoms with van der Waals surface area (Å²) in [5.41, 5.74) is 1.04. The first-order chi connectivity index (χ1) is 18.4. The minimum atomic E-state index is -0.851. The summed E-state index contributed by atoms with van der Waals surface area (Å²) in [5.74, 6) is 5.83. The van der Waals surface area contributed by atoms with E-state index >= 15 is 0 Å². The number of para-hydroxylation sites is 1. The number of nitrogens with zero attached hydrogens (tertiary/aromatic N) is 4. The second kappa shape index (κ2) is 11.2. The van der Waals surface area contributed by atoms with Gasteiger partial charge in [-0.2, -0.15) is 0 Å². The van der Waals surface area contributed by atoms with Crippen molar-refractivity contribution in [3.8, 4) is 0 Å². The number of carbonyl (C=O) groups excluding carboxylic acids is 3. The molecule has 0 aromatic heterocycles. The first-order valence-corrected chi connectivity index (χ1v) is 13.2. The van der Waals surface area contributed by atoms with Crippen LogP contribution < -0.4 is 21.4 Å². The van der Waals surface area contributed by atoms with Gasteiger partial charge in [-0.05, 0) is 64.3 Å². The molecule has 3 aliphatic heterocycles. The number of amides is 3. The first kappa shape index (κ1) is 28.3. The van der Waals surface area contributed by atoms with Crippen LogP contribution >= 0.6 is 11.6 Å². The quantitative estimate of drug-likeness (QED) is 0.223. The van der Waals surface area contributed by atoms with E-state index < -0.39 is 29.9 Å². The largest absolute Gasteiger partial charge is 0.444 e. The van der Waals surface area contributed by atoms with E-state index in [2.05, 4.69) is 17.2 Å². The van der Waals surface area contributed by atoms with Crippen molar-refractivity contribution < 1.29 is 19.1 Å². The molecule has 0 spiro atoms. The molecule has 1 aromatic rings. The summed E-state index contributed by atoms with van der Waals surface area (Å²) in [4.78, 5) is 44.5. The Kier molecular flexibility index (Phi) is 8.12. The lowest BCUT2D eigenvalue weighted by molar-refractivity contribution is -0.129. The van der Waals surface area contributed by atoms with Crippen molar-refractivity contribution in [3.63, 3.8) is 0 Å². The van der Waals surface area contributed by atoms with Gasteiger partial charge in [-0.1, -0.05) is 24.2 Å². The number of hydrogen-bond acceptors (Lipinski definition) is 8. The summed E-state index contributed by atoms with van der Waals surface area (Å²) in [5, 5.41) is 7.98. The fourth-order valence-electron chi connectivity index (χ4n) is 4.86. The van der Waals surface area contributed by atoms with E-state index in [-0.39, 0.29) is 38.1 Å². The fourth-order valence-corrected chi connectivity index (χ4v) is 5.14. The minimum absolute atomic E-state index is 0.0376. The van der Waals surface area contributed by atoms with Crippen LogP contribution in [0.25, 0.3) is 0 Å². The molecule has 0 bridgehead atoms. The maximum atomic E-state index is 13.5. The number of nitrogens with one attached hydrogen (secondary N) is 2. The number of hydrogen-bond donors (Lipinski definition) is 3. The monoisotopic (exact) mass is 557 g/mol. The van der Waals surface area contributed by atoms with Gasteiger partial charge in [0.15, 0.2) is 6.29 Å². The molecular formula is C27H36ClN7O4. The molecule has 3 amide bonds.